The van der Waals surface area contributed by atoms with Crippen LogP contribution in [0, 0.1) is 23.7 Å². The van der Waals surface area contributed by atoms with Gasteiger partial charge in [0.1, 0.15) is 0 Å². The highest BCUT2D eigenvalue weighted by molar-refractivity contribution is 6.31. The van der Waals surface area contributed by atoms with Gasteiger partial charge in [0.15, 0.2) is 34.7 Å². The van der Waals surface area contributed by atoms with E-state index in [0.29, 0.717) is 24.6 Å². The number of primary amides is 1. The molecule has 3 fully saturated rings. The molecule has 9 nitrogen and oxygen atoms in total. The summed E-state index contributed by atoms with van der Waals surface area (Å²) in [5.41, 5.74) is 5.84. The first-order chi connectivity index (χ1) is 17.5. The maximum Gasteiger partial charge on any atom is 0.235 e. The van der Waals surface area contributed by atoms with Crippen LogP contribution >= 0.6 is 0 Å². The zero-order valence-corrected chi connectivity index (χ0v) is 21.4. The number of hydrogen-bond donors (Lipinski definition) is 3. The second-order valence-corrected chi connectivity index (χ2v) is 11.5. The SMILES string of the molecule is CN(C)c1cc(CNC2CCCCC2)cc2c1C[C@H]1C[C@H]3CC(=O)C(C(N)=O)C(=O)[C@@]3(O)C(=O)C1C2=O. The summed E-state index contributed by atoms with van der Waals surface area (Å²) < 4.78 is 0. The molecule has 0 spiro atoms. The van der Waals surface area contributed by atoms with Gasteiger partial charge in [-0.2, -0.15) is 0 Å². The topological polar surface area (TPSA) is 147 Å². The van der Waals surface area contributed by atoms with Crippen molar-refractivity contribution < 1.29 is 29.1 Å². The molecule has 1 aromatic rings. The average molecular weight is 510 g/mol. The summed E-state index contributed by atoms with van der Waals surface area (Å²) in [5.74, 6) is -8.80. The Morgan fingerprint density at radius 3 is 2.43 bits per heavy atom. The Morgan fingerprint density at radius 1 is 1.08 bits per heavy atom. The predicted molar refractivity (Wildman–Crippen MR) is 135 cm³/mol. The number of amides is 1. The van der Waals surface area contributed by atoms with Gasteiger partial charge in [0.2, 0.25) is 5.91 Å². The van der Waals surface area contributed by atoms with Crippen LogP contribution in [-0.4, -0.2) is 59.9 Å². The highest BCUT2D eigenvalue weighted by atomic mass is 16.3. The van der Waals surface area contributed by atoms with Crippen LogP contribution in [0.1, 0.15) is 66.4 Å². The first-order valence-corrected chi connectivity index (χ1v) is 13.3. The Bertz CT molecular complexity index is 1190. The quantitative estimate of drug-likeness (QED) is 0.500. The van der Waals surface area contributed by atoms with Gasteiger partial charge in [-0.15, -0.1) is 0 Å². The molecule has 1 aromatic carbocycles. The first kappa shape index (κ1) is 25.7. The summed E-state index contributed by atoms with van der Waals surface area (Å²) in [6, 6.07) is 4.35. The molecule has 37 heavy (non-hydrogen) atoms. The van der Waals surface area contributed by atoms with Crippen molar-refractivity contribution in [1.29, 1.82) is 0 Å². The fraction of sp³-hybridized carbons (Fsp3) is 0.607. The molecule has 5 rings (SSSR count). The van der Waals surface area contributed by atoms with E-state index < -0.39 is 58.3 Å². The second-order valence-electron chi connectivity index (χ2n) is 11.5. The van der Waals surface area contributed by atoms with Gasteiger partial charge in [-0.25, -0.2) is 0 Å². The van der Waals surface area contributed by atoms with E-state index in [2.05, 4.69) is 11.4 Å². The van der Waals surface area contributed by atoms with Gasteiger partial charge in [-0.3, -0.25) is 24.0 Å². The highest BCUT2D eigenvalue weighted by Crippen LogP contribution is 2.50. The Kier molecular flexibility index (Phi) is 6.56. The molecule has 198 valence electrons. The maximum atomic E-state index is 13.9. The molecular formula is C28H35N3O6. The lowest BCUT2D eigenvalue weighted by Gasteiger charge is -2.48. The molecule has 0 heterocycles. The molecule has 5 atom stereocenters. The number of nitrogens with zero attached hydrogens (tertiary/aromatic N) is 1. The Morgan fingerprint density at radius 2 is 1.78 bits per heavy atom. The second kappa shape index (κ2) is 9.44. The van der Waals surface area contributed by atoms with Crippen LogP contribution in [0.15, 0.2) is 12.1 Å². The van der Waals surface area contributed by atoms with E-state index in [9.17, 15) is 29.1 Å². The third-order valence-corrected chi connectivity index (χ3v) is 8.98. The number of ketones is 4. The fourth-order valence-corrected chi connectivity index (χ4v) is 7.08. The molecule has 0 saturated heterocycles. The number of carbonyl (C=O) groups excluding carboxylic acids is 5. The molecule has 4 N–H and O–H groups in total. The summed E-state index contributed by atoms with van der Waals surface area (Å²) in [5, 5.41) is 15.0. The lowest BCUT2D eigenvalue weighted by molar-refractivity contribution is -0.175. The van der Waals surface area contributed by atoms with Crippen LogP contribution in [0.5, 0.6) is 0 Å². The number of benzene rings is 1. The molecule has 3 saturated carbocycles. The van der Waals surface area contributed by atoms with Gasteiger partial charge in [0.25, 0.3) is 0 Å². The molecule has 9 heteroatoms. The lowest BCUT2D eigenvalue weighted by atomic mass is 9.54. The normalized spacial score (nSPS) is 32.0. The molecule has 1 amide bonds. The van der Waals surface area contributed by atoms with E-state index in [1.165, 1.54) is 19.3 Å². The largest absolute Gasteiger partial charge is 0.377 e. The number of fused-ring (bicyclic) bond motifs is 3. The molecule has 2 unspecified atom stereocenters. The third kappa shape index (κ3) is 4.12. The van der Waals surface area contributed by atoms with Crippen molar-refractivity contribution in [3.8, 4) is 0 Å². The van der Waals surface area contributed by atoms with Gasteiger partial charge < -0.3 is 21.1 Å². The maximum absolute atomic E-state index is 13.9. The molecule has 0 aromatic heterocycles. The Balaban J connectivity index is 1.49. The minimum absolute atomic E-state index is 0.166. The van der Waals surface area contributed by atoms with E-state index in [1.54, 1.807) is 0 Å². The predicted octanol–water partition coefficient (Wildman–Crippen LogP) is 1.11. The molecule has 4 aliphatic rings. The summed E-state index contributed by atoms with van der Waals surface area (Å²) in [7, 11) is 3.83. The molecule has 0 bridgehead atoms. The lowest BCUT2D eigenvalue weighted by Crippen LogP contribution is -2.68. The van der Waals surface area contributed by atoms with Crippen LogP contribution in [0.4, 0.5) is 5.69 Å². The number of Topliss-reactive ketones (excluding diaryl/α,β-unsaturated/α-hetero) is 4. The van der Waals surface area contributed by atoms with E-state index in [1.807, 2.05) is 25.1 Å². The van der Waals surface area contributed by atoms with Crippen molar-refractivity contribution in [3.05, 3.63) is 28.8 Å². The standard InChI is InChI=1S/C28H35N3O6/c1-31(2)20-9-14(13-30-17-6-4-3-5-7-17)8-19-18(20)11-15-10-16-12-21(32)23(27(29)36)26(35)28(16,37)25(34)22(15)24(19)33/h8-9,15-17,22-23,30,37H,3-7,10-13H2,1-2H3,(H2,29,36)/t15-,16+,22?,23?,28+/m1/s1. The van der Waals surface area contributed by atoms with E-state index in [0.717, 1.165) is 29.7 Å². The number of nitrogens with two attached hydrogens (primary N) is 1. The summed E-state index contributed by atoms with van der Waals surface area (Å²) in [6.07, 6.45) is 6.23. The van der Waals surface area contributed by atoms with Crippen LogP contribution in [0.25, 0.3) is 0 Å². The number of nitrogens with one attached hydrogen (secondary N) is 1. The van der Waals surface area contributed by atoms with Crippen molar-refractivity contribution >= 4 is 34.7 Å². The monoisotopic (exact) mass is 509 g/mol. The number of anilines is 1. The van der Waals surface area contributed by atoms with E-state index in [4.69, 9.17) is 5.73 Å². The summed E-state index contributed by atoms with van der Waals surface area (Å²) in [6.45, 7) is 0.598. The van der Waals surface area contributed by atoms with Gasteiger partial charge in [-0.05, 0) is 54.9 Å². The van der Waals surface area contributed by atoms with Crippen LogP contribution < -0.4 is 16.0 Å². The number of rotatable bonds is 5. The van der Waals surface area contributed by atoms with E-state index >= 15 is 0 Å². The van der Waals surface area contributed by atoms with Crippen molar-refractivity contribution in [2.75, 3.05) is 19.0 Å². The smallest absolute Gasteiger partial charge is 0.235 e. The molecular weight excluding hydrogens is 474 g/mol. The van der Waals surface area contributed by atoms with Gasteiger partial charge in [0.05, 0.1) is 5.92 Å². The average Bonchev–Trinajstić information content (AvgIpc) is 2.85. The number of aliphatic hydroxyl groups is 1. The third-order valence-electron chi connectivity index (χ3n) is 8.98. The van der Waals surface area contributed by atoms with Crippen molar-refractivity contribution in [1.82, 2.24) is 5.32 Å². The number of carbonyl (C=O) groups is 5. The minimum Gasteiger partial charge on any atom is -0.377 e. The van der Waals surface area contributed by atoms with Crippen molar-refractivity contribution in [2.24, 2.45) is 29.4 Å². The molecule has 0 aliphatic heterocycles. The van der Waals surface area contributed by atoms with Gasteiger partial charge >= 0.3 is 0 Å². The van der Waals surface area contributed by atoms with E-state index in [-0.39, 0.29) is 12.8 Å². The zero-order valence-electron chi connectivity index (χ0n) is 21.4. The molecule has 4 aliphatic carbocycles. The highest BCUT2D eigenvalue weighted by Gasteiger charge is 2.65. The van der Waals surface area contributed by atoms with Crippen LogP contribution in [-0.2, 0) is 32.1 Å². The van der Waals surface area contributed by atoms with Crippen LogP contribution in [0.2, 0.25) is 0 Å². The van der Waals surface area contributed by atoms with Gasteiger partial charge in [-0.1, -0.05) is 19.3 Å². The van der Waals surface area contributed by atoms with Crippen LogP contribution in [0.3, 0.4) is 0 Å². The molecule has 0 radical (unpaired) electrons. The first-order valence-electron chi connectivity index (χ1n) is 13.3. The Hall–Kier alpha value is -2.91. The number of hydrogen-bond acceptors (Lipinski definition) is 8. The fourth-order valence-electron chi connectivity index (χ4n) is 7.08. The summed E-state index contributed by atoms with van der Waals surface area (Å²) in [4.78, 5) is 66.9. The summed E-state index contributed by atoms with van der Waals surface area (Å²) >= 11 is 0. The van der Waals surface area contributed by atoms with Crippen molar-refractivity contribution in [2.45, 2.75) is 69.6 Å². The zero-order chi connectivity index (χ0) is 26.6. The Labute approximate surface area is 216 Å². The van der Waals surface area contributed by atoms with Gasteiger partial charge in [0, 0.05) is 50.3 Å². The minimum atomic E-state index is -2.55. The van der Waals surface area contributed by atoms with Crippen molar-refractivity contribution in [3.63, 3.8) is 0 Å².